The normalized spacial score (nSPS) is 16.5. The van der Waals surface area contributed by atoms with Gasteiger partial charge in [-0.15, -0.1) is 0 Å². The van der Waals surface area contributed by atoms with Crippen LogP contribution in [0.4, 0.5) is 5.69 Å². The molecule has 3 nitrogen and oxygen atoms in total. The Morgan fingerprint density at radius 2 is 2.06 bits per heavy atom. The number of hydrogen-bond donors (Lipinski definition) is 2. The molecule has 1 saturated carbocycles. The average Bonchev–Trinajstić information content (AvgIpc) is 2.40. The Morgan fingerprint density at radius 3 is 2.72 bits per heavy atom. The standard InChI is InChI=1S/C15H23NO2/c1-18-15-8-7-13(11-14(15)17)16-10-9-12-5-3-2-4-6-12/h7-8,11-12,16-17H,2-6,9-10H2,1H3. The Balaban J connectivity index is 1.77. The van der Waals surface area contributed by atoms with Gasteiger partial charge in [0.25, 0.3) is 0 Å². The number of rotatable bonds is 5. The Morgan fingerprint density at radius 1 is 1.28 bits per heavy atom. The first-order valence-electron chi connectivity index (χ1n) is 6.90. The Labute approximate surface area is 109 Å². The molecule has 1 aliphatic rings. The SMILES string of the molecule is COc1ccc(NCCC2CCCCC2)cc1O. The Bertz CT molecular complexity index is 373. The molecule has 1 aliphatic carbocycles. The van der Waals surface area contributed by atoms with Gasteiger partial charge in [0.05, 0.1) is 7.11 Å². The van der Waals surface area contributed by atoms with Crippen molar-refractivity contribution in [2.45, 2.75) is 38.5 Å². The highest BCUT2D eigenvalue weighted by molar-refractivity contribution is 5.53. The van der Waals surface area contributed by atoms with Gasteiger partial charge >= 0.3 is 0 Å². The van der Waals surface area contributed by atoms with E-state index in [0.29, 0.717) is 5.75 Å². The van der Waals surface area contributed by atoms with Gasteiger partial charge in [0.15, 0.2) is 11.5 Å². The van der Waals surface area contributed by atoms with E-state index in [1.807, 2.05) is 6.07 Å². The highest BCUT2D eigenvalue weighted by Crippen LogP contribution is 2.29. The molecular weight excluding hydrogens is 226 g/mol. The lowest BCUT2D eigenvalue weighted by Gasteiger charge is -2.21. The van der Waals surface area contributed by atoms with Crippen LogP contribution in [0.2, 0.25) is 0 Å². The van der Waals surface area contributed by atoms with Crippen molar-refractivity contribution in [3.63, 3.8) is 0 Å². The number of aromatic hydroxyl groups is 1. The van der Waals surface area contributed by atoms with Gasteiger partial charge in [-0.25, -0.2) is 0 Å². The van der Waals surface area contributed by atoms with Crippen LogP contribution in [-0.2, 0) is 0 Å². The topological polar surface area (TPSA) is 41.5 Å². The predicted octanol–water partition coefficient (Wildman–Crippen LogP) is 3.78. The highest BCUT2D eigenvalue weighted by atomic mass is 16.5. The molecule has 0 aliphatic heterocycles. The average molecular weight is 249 g/mol. The third kappa shape index (κ3) is 3.56. The van der Waals surface area contributed by atoms with E-state index < -0.39 is 0 Å². The van der Waals surface area contributed by atoms with Crippen LogP contribution < -0.4 is 10.1 Å². The van der Waals surface area contributed by atoms with Crippen molar-refractivity contribution >= 4 is 5.69 Å². The van der Waals surface area contributed by atoms with E-state index in [4.69, 9.17) is 4.74 Å². The van der Waals surface area contributed by atoms with Gasteiger partial charge in [-0.1, -0.05) is 32.1 Å². The summed E-state index contributed by atoms with van der Waals surface area (Å²) in [5, 5.41) is 13.0. The van der Waals surface area contributed by atoms with Crippen LogP contribution in [0.1, 0.15) is 38.5 Å². The maximum absolute atomic E-state index is 9.67. The Kier molecular flexibility index (Phi) is 4.73. The molecule has 100 valence electrons. The molecular formula is C15H23NO2. The van der Waals surface area contributed by atoms with E-state index in [0.717, 1.165) is 18.2 Å². The summed E-state index contributed by atoms with van der Waals surface area (Å²) in [5.41, 5.74) is 0.962. The zero-order valence-electron chi connectivity index (χ0n) is 11.1. The second-order valence-corrected chi connectivity index (χ2v) is 5.11. The number of phenolic OH excluding ortho intramolecular Hbond substituents is 1. The van der Waals surface area contributed by atoms with Crippen LogP contribution in [-0.4, -0.2) is 18.8 Å². The summed E-state index contributed by atoms with van der Waals surface area (Å²) in [6, 6.07) is 5.46. The van der Waals surface area contributed by atoms with Gasteiger partial charge in [-0.2, -0.15) is 0 Å². The summed E-state index contributed by atoms with van der Waals surface area (Å²) in [6.07, 6.45) is 8.20. The fourth-order valence-electron chi connectivity index (χ4n) is 2.70. The zero-order valence-corrected chi connectivity index (χ0v) is 11.1. The molecule has 2 rings (SSSR count). The summed E-state index contributed by atoms with van der Waals surface area (Å²) in [5.74, 6) is 1.60. The van der Waals surface area contributed by atoms with Gasteiger partial charge in [-0.05, 0) is 24.5 Å². The molecule has 0 unspecified atom stereocenters. The van der Waals surface area contributed by atoms with Crippen molar-refractivity contribution in [3.05, 3.63) is 18.2 Å². The van der Waals surface area contributed by atoms with Gasteiger partial charge in [-0.3, -0.25) is 0 Å². The first-order valence-corrected chi connectivity index (χ1v) is 6.90. The summed E-state index contributed by atoms with van der Waals surface area (Å²) < 4.78 is 5.02. The van der Waals surface area contributed by atoms with Crippen molar-refractivity contribution < 1.29 is 9.84 Å². The Hall–Kier alpha value is -1.38. The van der Waals surface area contributed by atoms with Crippen molar-refractivity contribution in [3.8, 4) is 11.5 Å². The monoisotopic (exact) mass is 249 g/mol. The number of anilines is 1. The molecule has 2 N–H and O–H groups in total. The van der Waals surface area contributed by atoms with E-state index >= 15 is 0 Å². The quantitative estimate of drug-likeness (QED) is 0.834. The smallest absolute Gasteiger partial charge is 0.160 e. The third-order valence-electron chi connectivity index (χ3n) is 3.79. The summed E-state index contributed by atoms with van der Waals surface area (Å²) in [7, 11) is 1.56. The largest absolute Gasteiger partial charge is 0.504 e. The molecule has 18 heavy (non-hydrogen) atoms. The van der Waals surface area contributed by atoms with Gasteiger partial charge in [0.2, 0.25) is 0 Å². The summed E-state index contributed by atoms with van der Waals surface area (Å²) in [6.45, 7) is 0.983. The molecule has 3 heteroatoms. The maximum Gasteiger partial charge on any atom is 0.160 e. The molecule has 0 saturated heterocycles. The van der Waals surface area contributed by atoms with Crippen LogP contribution in [0.5, 0.6) is 11.5 Å². The van der Waals surface area contributed by atoms with Crippen molar-refractivity contribution in [2.24, 2.45) is 5.92 Å². The lowest BCUT2D eigenvalue weighted by molar-refractivity contribution is 0.345. The third-order valence-corrected chi connectivity index (χ3v) is 3.79. The lowest BCUT2D eigenvalue weighted by atomic mass is 9.87. The molecule has 1 aromatic rings. The number of benzene rings is 1. The molecule has 0 bridgehead atoms. The predicted molar refractivity (Wildman–Crippen MR) is 74.3 cm³/mol. The van der Waals surface area contributed by atoms with Crippen LogP contribution in [0.25, 0.3) is 0 Å². The number of phenols is 1. The zero-order chi connectivity index (χ0) is 12.8. The number of nitrogens with one attached hydrogen (secondary N) is 1. The molecule has 1 fully saturated rings. The number of hydrogen-bond acceptors (Lipinski definition) is 3. The van der Waals surface area contributed by atoms with Gasteiger partial charge in [0, 0.05) is 18.3 Å². The number of methoxy groups -OCH3 is 1. The second-order valence-electron chi connectivity index (χ2n) is 5.11. The minimum Gasteiger partial charge on any atom is -0.504 e. The molecule has 0 heterocycles. The summed E-state index contributed by atoms with van der Waals surface area (Å²) in [4.78, 5) is 0. The van der Waals surface area contributed by atoms with E-state index in [1.165, 1.54) is 38.5 Å². The molecule has 0 aromatic heterocycles. The molecule has 1 aromatic carbocycles. The second kappa shape index (κ2) is 6.53. The first-order chi connectivity index (χ1) is 8.79. The highest BCUT2D eigenvalue weighted by Gasteiger charge is 2.12. The van der Waals surface area contributed by atoms with E-state index in [9.17, 15) is 5.11 Å². The van der Waals surface area contributed by atoms with Gasteiger partial charge in [0.1, 0.15) is 0 Å². The minimum absolute atomic E-state index is 0.195. The van der Waals surface area contributed by atoms with Crippen LogP contribution >= 0.6 is 0 Å². The van der Waals surface area contributed by atoms with Crippen molar-refractivity contribution in [2.75, 3.05) is 19.0 Å². The number of ether oxygens (including phenoxy) is 1. The van der Waals surface area contributed by atoms with E-state index in [-0.39, 0.29) is 5.75 Å². The van der Waals surface area contributed by atoms with E-state index in [1.54, 1.807) is 19.2 Å². The van der Waals surface area contributed by atoms with Crippen LogP contribution in [0, 0.1) is 5.92 Å². The first kappa shape index (κ1) is 13.1. The van der Waals surface area contributed by atoms with Crippen molar-refractivity contribution in [1.82, 2.24) is 0 Å². The van der Waals surface area contributed by atoms with Crippen LogP contribution in [0.15, 0.2) is 18.2 Å². The molecule has 0 atom stereocenters. The maximum atomic E-state index is 9.67. The fourth-order valence-corrected chi connectivity index (χ4v) is 2.70. The molecule has 0 spiro atoms. The van der Waals surface area contributed by atoms with E-state index in [2.05, 4.69) is 5.32 Å². The lowest BCUT2D eigenvalue weighted by Crippen LogP contribution is -2.12. The minimum atomic E-state index is 0.195. The summed E-state index contributed by atoms with van der Waals surface area (Å²) >= 11 is 0. The van der Waals surface area contributed by atoms with Gasteiger partial charge < -0.3 is 15.2 Å². The molecule has 0 radical (unpaired) electrons. The van der Waals surface area contributed by atoms with Crippen molar-refractivity contribution in [1.29, 1.82) is 0 Å². The molecule has 0 amide bonds. The van der Waals surface area contributed by atoms with Crippen LogP contribution in [0.3, 0.4) is 0 Å². The fraction of sp³-hybridized carbons (Fsp3) is 0.600.